The number of rotatable bonds is 5. The SMILES string of the molecule is Cl.Cl.Nc1ccc(C#Cc2c(Oc3ccc(NC(=O)NC(=O)Cc4ccc(F)cc4)cc3F)ccnc2N)nc1. The van der Waals surface area contributed by atoms with Crippen LogP contribution in [-0.2, 0) is 11.2 Å². The van der Waals surface area contributed by atoms with Gasteiger partial charge in [0.2, 0.25) is 5.91 Å². The van der Waals surface area contributed by atoms with Gasteiger partial charge in [-0.25, -0.2) is 23.5 Å². The number of anilines is 3. The lowest BCUT2D eigenvalue weighted by Gasteiger charge is -2.11. The molecule has 0 atom stereocenters. The lowest BCUT2D eigenvalue weighted by Crippen LogP contribution is -2.35. The van der Waals surface area contributed by atoms with Gasteiger partial charge < -0.3 is 21.5 Å². The van der Waals surface area contributed by atoms with Crippen LogP contribution >= 0.6 is 24.8 Å². The molecule has 0 aliphatic heterocycles. The highest BCUT2D eigenvalue weighted by Gasteiger charge is 2.14. The molecule has 3 amide bonds. The topological polar surface area (TPSA) is 145 Å². The molecule has 0 fully saturated rings. The number of amides is 3. The fraction of sp³-hybridized carbons (Fsp3) is 0.0370. The molecule has 2 heterocycles. The molecule has 0 unspecified atom stereocenters. The highest BCUT2D eigenvalue weighted by molar-refractivity contribution is 6.01. The van der Waals surface area contributed by atoms with E-state index in [1.54, 1.807) is 12.1 Å². The molecule has 9 nitrogen and oxygen atoms in total. The predicted molar refractivity (Wildman–Crippen MR) is 152 cm³/mol. The number of hydrogen-bond acceptors (Lipinski definition) is 7. The van der Waals surface area contributed by atoms with Crippen LogP contribution in [0.15, 0.2) is 73.1 Å². The van der Waals surface area contributed by atoms with E-state index >= 15 is 0 Å². The van der Waals surface area contributed by atoms with Crippen LogP contribution in [0, 0.1) is 23.5 Å². The second kappa shape index (κ2) is 14.3. The van der Waals surface area contributed by atoms with E-state index in [1.807, 2.05) is 0 Å². The van der Waals surface area contributed by atoms with E-state index in [2.05, 4.69) is 32.4 Å². The monoisotopic (exact) mass is 586 g/mol. The fourth-order valence-electron chi connectivity index (χ4n) is 3.18. The van der Waals surface area contributed by atoms with Crippen LogP contribution in [0.25, 0.3) is 0 Å². The quantitative estimate of drug-likeness (QED) is 0.245. The second-order valence-corrected chi connectivity index (χ2v) is 7.85. The maximum atomic E-state index is 14.8. The Morgan fingerprint density at radius 2 is 1.65 bits per heavy atom. The van der Waals surface area contributed by atoms with Crippen molar-refractivity contribution in [2.24, 2.45) is 0 Å². The Morgan fingerprint density at radius 1 is 0.900 bits per heavy atom. The molecule has 0 aliphatic rings. The van der Waals surface area contributed by atoms with E-state index < -0.39 is 23.6 Å². The first-order valence-electron chi connectivity index (χ1n) is 11.1. The van der Waals surface area contributed by atoms with E-state index in [9.17, 15) is 18.4 Å². The molecule has 0 spiro atoms. The Kier molecular flexibility index (Phi) is 11.2. The average molecular weight is 587 g/mol. The van der Waals surface area contributed by atoms with E-state index in [1.165, 1.54) is 54.9 Å². The summed E-state index contributed by atoms with van der Waals surface area (Å²) < 4.78 is 33.5. The lowest BCUT2D eigenvalue weighted by atomic mass is 10.1. The number of aromatic nitrogens is 2. The van der Waals surface area contributed by atoms with Gasteiger partial charge in [0.1, 0.15) is 28.6 Å². The Balaban J connectivity index is 0.00000280. The third-order valence-corrected chi connectivity index (χ3v) is 4.98. The van der Waals surface area contributed by atoms with Crippen LogP contribution in [0.4, 0.5) is 30.8 Å². The van der Waals surface area contributed by atoms with Crippen LogP contribution in [0.5, 0.6) is 11.5 Å². The number of nitrogens with two attached hydrogens (primary N) is 2. The molecule has 0 saturated carbocycles. The summed E-state index contributed by atoms with van der Waals surface area (Å²) in [5.41, 5.74) is 13.3. The van der Waals surface area contributed by atoms with Crippen LogP contribution in [0.3, 0.4) is 0 Å². The number of carbonyl (C=O) groups is 2. The van der Waals surface area contributed by atoms with Crippen molar-refractivity contribution in [3.8, 4) is 23.3 Å². The summed E-state index contributed by atoms with van der Waals surface area (Å²) >= 11 is 0. The predicted octanol–water partition coefficient (Wildman–Crippen LogP) is 4.85. The average Bonchev–Trinajstić information content (AvgIpc) is 2.87. The normalized spacial score (nSPS) is 9.65. The maximum absolute atomic E-state index is 14.8. The van der Waals surface area contributed by atoms with Gasteiger partial charge in [-0.2, -0.15) is 0 Å². The molecule has 13 heteroatoms. The van der Waals surface area contributed by atoms with Gasteiger partial charge in [0.25, 0.3) is 0 Å². The van der Waals surface area contributed by atoms with Gasteiger partial charge in [-0.05, 0) is 47.9 Å². The second-order valence-electron chi connectivity index (χ2n) is 7.85. The highest BCUT2D eigenvalue weighted by Crippen LogP contribution is 2.30. The van der Waals surface area contributed by atoms with Crippen LogP contribution in [0.2, 0.25) is 0 Å². The van der Waals surface area contributed by atoms with Crippen molar-refractivity contribution in [2.75, 3.05) is 16.8 Å². The summed E-state index contributed by atoms with van der Waals surface area (Å²) in [6, 6.07) is 12.9. The molecular weight excluding hydrogens is 565 g/mol. The van der Waals surface area contributed by atoms with E-state index in [-0.39, 0.29) is 59.8 Å². The number of nitrogen functional groups attached to an aromatic ring is 2. The number of halogens is 4. The van der Waals surface area contributed by atoms with Gasteiger partial charge in [-0.3, -0.25) is 10.1 Å². The molecule has 4 aromatic rings. The zero-order chi connectivity index (χ0) is 27.1. The molecule has 2 aromatic carbocycles. The minimum atomic E-state index is -0.860. The summed E-state index contributed by atoms with van der Waals surface area (Å²) in [6.07, 6.45) is 2.71. The fourth-order valence-corrected chi connectivity index (χ4v) is 3.18. The van der Waals surface area contributed by atoms with Crippen LogP contribution in [0.1, 0.15) is 16.8 Å². The van der Waals surface area contributed by atoms with Gasteiger partial charge >= 0.3 is 6.03 Å². The van der Waals surface area contributed by atoms with Gasteiger partial charge in [-0.1, -0.05) is 18.1 Å². The molecule has 0 aliphatic carbocycles. The van der Waals surface area contributed by atoms with Crippen LogP contribution in [-0.4, -0.2) is 21.9 Å². The smallest absolute Gasteiger partial charge is 0.325 e. The van der Waals surface area contributed by atoms with Crippen molar-refractivity contribution < 1.29 is 23.1 Å². The number of carbonyl (C=O) groups excluding carboxylic acids is 2. The summed E-state index contributed by atoms with van der Waals surface area (Å²) in [4.78, 5) is 32.3. The lowest BCUT2D eigenvalue weighted by molar-refractivity contribution is -0.119. The summed E-state index contributed by atoms with van der Waals surface area (Å²) in [5, 5.41) is 4.49. The molecule has 0 radical (unpaired) electrons. The van der Waals surface area contributed by atoms with E-state index in [0.29, 0.717) is 16.9 Å². The van der Waals surface area contributed by atoms with E-state index in [0.717, 1.165) is 6.07 Å². The number of pyridine rings is 2. The zero-order valence-corrected chi connectivity index (χ0v) is 22.1. The molecule has 6 N–H and O–H groups in total. The van der Waals surface area contributed by atoms with Crippen molar-refractivity contribution >= 4 is 53.9 Å². The minimum absolute atomic E-state index is 0. The van der Waals surface area contributed by atoms with Gasteiger partial charge in [-0.15, -0.1) is 24.8 Å². The molecule has 0 bridgehead atoms. The summed E-state index contributed by atoms with van der Waals surface area (Å²) in [6.45, 7) is 0. The number of benzene rings is 2. The van der Waals surface area contributed by atoms with Crippen molar-refractivity contribution in [1.82, 2.24) is 15.3 Å². The zero-order valence-electron chi connectivity index (χ0n) is 20.5. The minimum Gasteiger partial charge on any atom is -0.453 e. The third-order valence-electron chi connectivity index (χ3n) is 4.98. The molecular formula is C27H22Cl2F2N6O3. The number of nitrogens with one attached hydrogen (secondary N) is 2. The van der Waals surface area contributed by atoms with Gasteiger partial charge in [0, 0.05) is 24.0 Å². The number of urea groups is 1. The van der Waals surface area contributed by atoms with Gasteiger partial charge in [0.15, 0.2) is 11.6 Å². The Labute approximate surface area is 240 Å². The maximum Gasteiger partial charge on any atom is 0.325 e. The van der Waals surface area contributed by atoms with E-state index in [4.69, 9.17) is 16.2 Å². The Hall–Kier alpha value is -4.92. The van der Waals surface area contributed by atoms with Crippen molar-refractivity contribution in [3.05, 3.63) is 102 Å². The van der Waals surface area contributed by atoms with Crippen molar-refractivity contribution in [3.63, 3.8) is 0 Å². The highest BCUT2D eigenvalue weighted by atomic mass is 35.5. The number of nitrogens with zero attached hydrogens (tertiary/aromatic N) is 2. The van der Waals surface area contributed by atoms with Crippen molar-refractivity contribution in [2.45, 2.75) is 6.42 Å². The molecule has 0 saturated heterocycles. The summed E-state index contributed by atoms with van der Waals surface area (Å²) in [5.74, 6) is 3.87. The summed E-state index contributed by atoms with van der Waals surface area (Å²) in [7, 11) is 0. The third kappa shape index (κ3) is 8.56. The number of ether oxygens (including phenoxy) is 1. The van der Waals surface area contributed by atoms with Crippen molar-refractivity contribution in [1.29, 1.82) is 0 Å². The largest absolute Gasteiger partial charge is 0.453 e. The molecule has 2 aromatic heterocycles. The molecule has 40 heavy (non-hydrogen) atoms. The first-order valence-corrected chi connectivity index (χ1v) is 11.1. The standard InChI is InChI=1S/C27H20F2N6O3.2ClH/c28-17-3-1-16(2-4-17)13-25(36)35-27(37)34-20-8-10-24(22(29)14-20)38-23-11-12-32-26(31)21(23)9-7-19-6-5-18(30)15-33-19;;/h1-6,8,10-12,14-15H,13,30H2,(H2,31,32)(H2,34,35,36,37);2*1H. The first kappa shape index (κ1) is 31.3. The van der Waals surface area contributed by atoms with Gasteiger partial charge in [0.05, 0.1) is 18.3 Å². The van der Waals surface area contributed by atoms with Crippen LogP contribution < -0.4 is 26.8 Å². The molecule has 206 valence electrons. The number of hydrogen-bond donors (Lipinski definition) is 4. The first-order chi connectivity index (χ1) is 18.3. The molecule has 4 rings (SSSR count). The Bertz CT molecular complexity index is 1560. The number of imide groups is 1. The Morgan fingerprint density at radius 3 is 2.33 bits per heavy atom.